The first kappa shape index (κ1) is 19.7. The molecule has 1 amide bonds. The molecule has 4 fully saturated rings. The fourth-order valence-electron chi connectivity index (χ4n) is 6.77. The zero-order valence-electron chi connectivity index (χ0n) is 18.2. The molecule has 5 nitrogen and oxygen atoms in total. The number of ether oxygens (including phenoxy) is 1. The third kappa shape index (κ3) is 3.42. The number of nitrogens with zero attached hydrogens (tertiary/aromatic N) is 1. The average Bonchev–Trinajstić information content (AvgIpc) is 3.03. The van der Waals surface area contributed by atoms with Crippen LogP contribution in [-0.2, 0) is 6.61 Å². The normalized spacial score (nSPS) is 30.3. The van der Waals surface area contributed by atoms with E-state index >= 15 is 0 Å². The van der Waals surface area contributed by atoms with Gasteiger partial charge in [-0.25, -0.2) is 0 Å². The number of hydrogen-bond acceptors (Lipinski definition) is 4. The van der Waals surface area contributed by atoms with Gasteiger partial charge in [0.1, 0.15) is 18.1 Å². The van der Waals surface area contributed by atoms with E-state index in [0.29, 0.717) is 17.9 Å². The van der Waals surface area contributed by atoms with Crippen LogP contribution in [0.15, 0.2) is 28.8 Å². The topological polar surface area (TPSA) is 64.4 Å². The van der Waals surface area contributed by atoms with Crippen molar-refractivity contribution >= 4 is 5.91 Å². The predicted octanol–water partition coefficient (Wildman–Crippen LogP) is 5.21. The van der Waals surface area contributed by atoms with Crippen molar-refractivity contribution in [3.8, 4) is 5.75 Å². The molecule has 30 heavy (non-hydrogen) atoms. The summed E-state index contributed by atoms with van der Waals surface area (Å²) in [5.74, 6) is 3.95. The Morgan fingerprint density at radius 1 is 1.17 bits per heavy atom. The summed E-state index contributed by atoms with van der Waals surface area (Å²) in [4.78, 5) is 13.2. The number of nitrogens with one attached hydrogen (secondary N) is 1. The van der Waals surface area contributed by atoms with Gasteiger partial charge in [-0.05, 0) is 94.6 Å². The maximum absolute atomic E-state index is 13.2. The van der Waals surface area contributed by atoms with E-state index in [2.05, 4.69) is 17.4 Å². The summed E-state index contributed by atoms with van der Waals surface area (Å²) in [6, 6.07) is 7.70. The lowest BCUT2D eigenvalue weighted by Gasteiger charge is -2.59. The van der Waals surface area contributed by atoms with Crippen molar-refractivity contribution in [2.24, 2.45) is 23.2 Å². The van der Waals surface area contributed by atoms with Crippen molar-refractivity contribution in [2.45, 2.75) is 71.9 Å². The van der Waals surface area contributed by atoms with Crippen LogP contribution >= 0.6 is 0 Å². The van der Waals surface area contributed by atoms with E-state index < -0.39 is 0 Å². The Bertz CT molecular complexity index is 893. The fraction of sp³-hybridized carbons (Fsp3) is 0.600. The molecule has 4 aliphatic rings. The van der Waals surface area contributed by atoms with Crippen LogP contribution in [0.25, 0.3) is 0 Å². The van der Waals surface area contributed by atoms with Gasteiger partial charge in [-0.3, -0.25) is 4.79 Å². The second-order valence-corrected chi connectivity index (χ2v) is 10.1. The van der Waals surface area contributed by atoms with E-state index in [9.17, 15) is 4.79 Å². The molecule has 1 aromatic heterocycles. The van der Waals surface area contributed by atoms with Gasteiger partial charge in [-0.15, -0.1) is 0 Å². The summed E-state index contributed by atoms with van der Waals surface area (Å²) in [5, 5.41) is 7.34. The second kappa shape index (κ2) is 7.44. The minimum atomic E-state index is -0.0346. The molecule has 1 aromatic carbocycles. The first-order chi connectivity index (χ1) is 14.4. The molecule has 4 bridgehead atoms. The highest BCUT2D eigenvalue weighted by atomic mass is 16.5. The number of carbonyl (C=O) groups is 1. The molecule has 1 N–H and O–H groups in total. The lowest BCUT2D eigenvalue weighted by atomic mass is 9.48. The van der Waals surface area contributed by atoms with E-state index in [1.807, 2.05) is 38.1 Å². The molecule has 160 valence electrons. The summed E-state index contributed by atoms with van der Waals surface area (Å²) in [6.45, 7) is 6.35. The Kier molecular flexibility index (Phi) is 4.87. The molecule has 0 radical (unpaired) electrons. The zero-order valence-corrected chi connectivity index (χ0v) is 18.2. The SMILES string of the molecule is Cc1noc(C)c1COc1ccccc1C(=O)NC(C)C12CC3CC(CC(C3)C1)C2. The second-order valence-electron chi connectivity index (χ2n) is 10.1. The number of carbonyl (C=O) groups excluding carboxylic acids is 1. The summed E-state index contributed by atoms with van der Waals surface area (Å²) in [5.41, 5.74) is 2.65. The standard InChI is InChI=1S/C25H32N2O3/c1-15-22(16(2)30-27-15)14-29-23-7-5-4-6-21(23)24(28)26-17(3)25-11-18-8-19(12-25)10-20(9-18)13-25/h4-7,17-20H,8-14H2,1-3H3,(H,26,28). The monoisotopic (exact) mass is 408 g/mol. The summed E-state index contributed by atoms with van der Waals surface area (Å²) >= 11 is 0. The number of hydrogen-bond donors (Lipinski definition) is 1. The fourth-order valence-corrected chi connectivity index (χ4v) is 6.77. The van der Waals surface area contributed by atoms with Crippen molar-refractivity contribution < 1.29 is 14.1 Å². The molecular weight excluding hydrogens is 376 g/mol. The molecule has 2 aromatic rings. The van der Waals surface area contributed by atoms with Crippen LogP contribution in [0.2, 0.25) is 0 Å². The Morgan fingerprint density at radius 2 is 1.80 bits per heavy atom. The number of aromatic nitrogens is 1. The number of amides is 1. The molecule has 4 aliphatic carbocycles. The van der Waals surface area contributed by atoms with Gasteiger partial charge in [-0.2, -0.15) is 0 Å². The average molecular weight is 409 g/mol. The van der Waals surface area contributed by atoms with Crippen LogP contribution in [0.5, 0.6) is 5.75 Å². The molecule has 0 spiro atoms. The molecule has 0 aliphatic heterocycles. The van der Waals surface area contributed by atoms with Crippen molar-refractivity contribution in [3.63, 3.8) is 0 Å². The maximum Gasteiger partial charge on any atom is 0.255 e. The Hall–Kier alpha value is -2.30. The van der Waals surface area contributed by atoms with Crippen molar-refractivity contribution in [1.29, 1.82) is 0 Å². The van der Waals surface area contributed by atoms with Crippen LogP contribution in [0.4, 0.5) is 0 Å². The molecule has 4 saturated carbocycles. The molecule has 5 heteroatoms. The molecule has 1 unspecified atom stereocenters. The molecule has 0 saturated heterocycles. The lowest BCUT2D eigenvalue weighted by Crippen LogP contribution is -2.55. The van der Waals surface area contributed by atoms with E-state index in [-0.39, 0.29) is 17.4 Å². The quantitative estimate of drug-likeness (QED) is 0.713. The minimum absolute atomic E-state index is 0.0346. The van der Waals surface area contributed by atoms with Gasteiger partial charge in [0.25, 0.3) is 5.91 Å². The van der Waals surface area contributed by atoms with Gasteiger partial charge in [0, 0.05) is 6.04 Å². The maximum atomic E-state index is 13.2. The highest BCUT2D eigenvalue weighted by molar-refractivity contribution is 5.97. The van der Waals surface area contributed by atoms with Gasteiger partial charge < -0.3 is 14.6 Å². The highest BCUT2D eigenvalue weighted by Crippen LogP contribution is 2.61. The molecular formula is C25H32N2O3. The predicted molar refractivity (Wildman–Crippen MR) is 114 cm³/mol. The Morgan fingerprint density at radius 3 is 2.40 bits per heavy atom. The number of para-hydroxylation sites is 1. The zero-order chi connectivity index (χ0) is 20.9. The number of aryl methyl sites for hydroxylation is 2. The Labute approximate surface area is 178 Å². The van der Waals surface area contributed by atoms with E-state index in [1.54, 1.807) is 0 Å². The third-order valence-corrected chi connectivity index (χ3v) is 8.04. The van der Waals surface area contributed by atoms with Crippen LogP contribution in [0.3, 0.4) is 0 Å². The van der Waals surface area contributed by atoms with E-state index in [0.717, 1.165) is 34.8 Å². The largest absolute Gasteiger partial charge is 0.488 e. The van der Waals surface area contributed by atoms with Crippen molar-refractivity contribution in [1.82, 2.24) is 10.5 Å². The first-order valence-electron chi connectivity index (χ1n) is 11.4. The van der Waals surface area contributed by atoms with Crippen LogP contribution in [-0.4, -0.2) is 17.1 Å². The van der Waals surface area contributed by atoms with Crippen molar-refractivity contribution in [3.05, 3.63) is 46.8 Å². The highest BCUT2D eigenvalue weighted by Gasteiger charge is 2.53. The van der Waals surface area contributed by atoms with Crippen molar-refractivity contribution in [2.75, 3.05) is 0 Å². The lowest BCUT2D eigenvalue weighted by molar-refractivity contribution is -0.0688. The number of rotatable bonds is 6. The summed E-state index contributed by atoms with van der Waals surface area (Å²) < 4.78 is 11.3. The Balaban J connectivity index is 1.30. The first-order valence-corrected chi connectivity index (χ1v) is 11.4. The minimum Gasteiger partial charge on any atom is -0.488 e. The molecule has 1 heterocycles. The van der Waals surface area contributed by atoms with Crippen LogP contribution in [0.1, 0.15) is 72.8 Å². The smallest absolute Gasteiger partial charge is 0.255 e. The number of benzene rings is 1. The molecule has 6 rings (SSSR count). The van der Waals surface area contributed by atoms with Gasteiger partial charge in [0.05, 0.1) is 16.8 Å². The third-order valence-electron chi connectivity index (χ3n) is 8.04. The van der Waals surface area contributed by atoms with Gasteiger partial charge >= 0.3 is 0 Å². The van der Waals surface area contributed by atoms with E-state index in [1.165, 1.54) is 38.5 Å². The van der Waals surface area contributed by atoms with Gasteiger partial charge in [0.15, 0.2) is 0 Å². The van der Waals surface area contributed by atoms with E-state index in [4.69, 9.17) is 9.26 Å². The van der Waals surface area contributed by atoms with Crippen LogP contribution in [0, 0.1) is 37.0 Å². The van der Waals surface area contributed by atoms with Crippen LogP contribution < -0.4 is 10.1 Å². The molecule has 1 atom stereocenters. The van der Waals surface area contributed by atoms with Gasteiger partial charge in [0.2, 0.25) is 0 Å². The summed E-state index contributed by atoms with van der Waals surface area (Å²) in [7, 11) is 0. The summed E-state index contributed by atoms with van der Waals surface area (Å²) in [6.07, 6.45) is 8.09. The van der Waals surface area contributed by atoms with Gasteiger partial charge in [-0.1, -0.05) is 17.3 Å².